The van der Waals surface area contributed by atoms with Crippen molar-refractivity contribution in [2.24, 2.45) is 0 Å². The molecular formula is C14H18F2O. The first kappa shape index (κ1) is 13.8. The molecule has 0 aliphatic rings. The molecule has 3 heteroatoms. The molecule has 0 radical (unpaired) electrons. The molecule has 1 aromatic rings. The first-order valence-electron chi connectivity index (χ1n) is 6.13. The Kier molecular flexibility index (Phi) is 5.81. The van der Waals surface area contributed by atoms with E-state index in [0.29, 0.717) is 6.42 Å². The number of Topliss-reactive ketones (excluding diaryl/α,β-unsaturated/α-hetero) is 1. The highest BCUT2D eigenvalue weighted by molar-refractivity contribution is 5.96. The maximum atomic E-state index is 13.3. The van der Waals surface area contributed by atoms with Gasteiger partial charge < -0.3 is 0 Å². The van der Waals surface area contributed by atoms with Gasteiger partial charge in [0, 0.05) is 6.42 Å². The SMILES string of the molecule is CCCCCCCC(=O)c1cc(F)ccc1F. The van der Waals surface area contributed by atoms with Crippen LogP contribution in [-0.4, -0.2) is 5.78 Å². The fourth-order valence-corrected chi connectivity index (χ4v) is 1.73. The Hall–Kier alpha value is -1.25. The van der Waals surface area contributed by atoms with Crippen LogP contribution in [0.25, 0.3) is 0 Å². The molecule has 94 valence electrons. The van der Waals surface area contributed by atoms with E-state index in [1.165, 1.54) is 0 Å². The monoisotopic (exact) mass is 240 g/mol. The number of rotatable bonds is 7. The molecule has 0 aliphatic carbocycles. The van der Waals surface area contributed by atoms with E-state index in [1.807, 2.05) is 0 Å². The van der Waals surface area contributed by atoms with Gasteiger partial charge in [0.25, 0.3) is 0 Å². The summed E-state index contributed by atoms with van der Waals surface area (Å²) >= 11 is 0. The molecule has 0 saturated carbocycles. The van der Waals surface area contributed by atoms with Gasteiger partial charge in [-0.05, 0) is 24.6 Å². The molecule has 0 amide bonds. The van der Waals surface area contributed by atoms with Crippen LogP contribution >= 0.6 is 0 Å². The standard InChI is InChI=1S/C14H18F2O/c1-2-3-4-5-6-7-14(17)12-10-11(15)8-9-13(12)16/h8-10H,2-7H2,1H3. The molecule has 17 heavy (non-hydrogen) atoms. The summed E-state index contributed by atoms with van der Waals surface area (Å²) in [7, 11) is 0. The number of benzene rings is 1. The number of halogens is 2. The Labute approximate surface area is 101 Å². The van der Waals surface area contributed by atoms with Crippen molar-refractivity contribution in [2.45, 2.75) is 45.4 Å². The van der Waals surface area contributed by atoms with E-state index in [0.717, 1.165) is 50.3 Å². The van der Waals surface area contributed by atoms with Crippen molar-refractivity contribution in [3.63, 3.8) is 0 Å². The average Bonchev–Trinajstić information content (AvgIpc) is 2.32. The summed E-state index contributed by atoms with van der Waals surface area (Å²) in [6, 6.07) is 3.00. The Balaban J connectivity index is 2.44. The van der Waals surface area contributed by atoms with Crippen molar-refractivity contribution < 1.29 is 13.6 Å². The summed E-state index contributed by atoms with van der Waals surface area (Å²) in [6.07, 6.45) is 5.40. The van der Waals surface area contributed by atoms with Gasteiger partial charge in [0.15, 0.2) is 5.78 Å². The Bertz CT molecular complexity index is 374. The average molecular weight is 240 g/mol. The van der Waals surface area contributed by atoms with Gasteiger partial charge in [0.1, 0.15) is 11.6 Å². The second-order valence-electron chi connectivity index (χ2n) is 4.21. The Morgan fingerprint density at radius 2 is 1.82 bits per heavy atom. The number of ketones is 1. The summed E-state index contributed by atoms with van der Waals surface area (Å²) in [6.45, 7) is 2.12. The minimum Gasteiger partial charge on any atom is -0.294 e. The van der Waals surface area contributed by atoms with Crippen LogP contribution in [0.3, 0.4) is 0 Å². The fourth-order valence-electron chi connectivity index (χ4n) is 1.73. The number of unbranched alkanes of at least 4 members (excludes halogenated alkanes) is 4. The molecule has 0 fully saturated rings. The molecule has 1 nitrogen and oxygen atoms in total. The minimum absolute atomic E-state index is 0.125. The van der Waals surface area contributed by atoms with Gasteiger partial charge >= 0.3 is 0 Å². The maximum Gasteiger partial charge on any atom is 0.165 e. The molecule has 0 heterocycles. The van der Waals surface area contributed by atoms with Crippen molar-refractivity contribution in [2.75, 3.05) is 0 Å². The van der Waals surface area contributed by atoms with Crippen LogP contribution in [-0.2, 0) is 0 Å². The van der Waals surface area contributed by atoms with Gasteiger partial charge in [-0.2, -0.15) is 0 Å². The molecule has 1 rings (SSSR count). The highest BCUT2D eigenvalue weighted by Crippen LogP contribution is 2.14. The molecule has 0 aromatic heterocycles. The number of hydrogen-bond acceptors (Lipinski definition) is 1. The predicted octanol–water partition coefficient (Wildman–Crippen LogP) is 4.51. The van der Waals surface area contributed by atoms with E-state index in [1.54, 1.807) is 0 Å². The zero-order valence-electron chi connectivity index (χ0n) is 10.1. The summed E-state index contributed by atoms with van der Waals surface area (Å²) in [5, 5.41) is 0. The van der Waals surface area contributed by atoms with E-state index in [-0.39, 0.29) is 11.3 Å². The number of hydrogen-bond donors (Lipinski definition) is 0. The van der Waals surface area contributed by atoms with Gasteiger partial charge in [-0.25, -0.2) is 8.78 Å². The maximum absolute atomic E-state index is 13.3. The third-order valence-electron chi connectivity index (χ3n) is 2.74. The van der Waals surface area contributed by atoms with E-state index in [2.05, 4.69) is 6.92 Å². The first-order chi connectivity index (χ1) is 8.15. The van der Waals surface area contributed by atoms with E-state index in [4.69, 9.17) is 0 Å². The van der Waals surface area contributed by atoms with Gasteiger partial charge in [0.2, 0.25) is 0 Å². The summed E-state index contributed by atoms with van der Waals surface area (Å²) in [4.78, 5) is 11.6. The second kappa shape index (κ2) is 7.15. The second-order valence-corrected chi connectivity index (χ2v) is 4.21. The summed E-state index contributed by atoms with van der Waals surface area (Å²) in [5.41, 5.74) is -0.125. The molecule has 0 saturated heterocycles. The lowest BCUT2D eigenvalue weighted by molar-refractivity contribution is 0.0974. The summed E-state index contributed by atoms with van der Waals surface area (Å²) in [5.74, 6) is -1.51. The lowest BCUT2D eigenvalue weighted by atomic mass is 10.0. The van der Waals surface area contributed by atoms with Crippen LogP contribution in [0, 0.1) is 11.6 Å². The molecule has 0 bridgehead atoms. The van der Waals surface area contributed by atoms with Gasteiger partial charge in [0.05, 0.1) is 5.56 Å². The van der Waals surface area contributed by atoms with Crippen LogP contribution in [0.2, 0.25) is 0 Å². The molecule has 0 unspecified atom stereocenters. The van der Waals surface area contributed by atoms with Crippen LogP contribution < -0.4 is 0 Å². The lowest BCUT2D eigenvalue weighted by Crippen LogP contribution is -2.03. The normalized spacial score (nSPS) is 10.5. The topological polar surface area (TPSA) is 17.1 Å². The summed E-state index contributed by atoms with van der Waals surface area (Å²) < 4.78 is 26.1. The lowest BCUT2D eigenvalue weighted by Gasteiger charge is -2.03. The van der Waals surface area contributed by atoms with Gasteiger partial charge in [-0.3, -0.25) is 4.79 Å². The van der Waals surface area contributed by atoms with Gasteiger partial charge in [-0.15, -0.1) is 0 Å². The number of carbonyl (C=O) groups is 1. The number of carbonyl (C=O) groups excluding carboxylic acids is 1. The first-order valence-corrected chi connectivity index (χ1v) is 6.13. The van der Waals surface area contributed by atoms with Crippen molar-refractivity contribution in [1.82, 2.24) is 0 Å². The zero-order valence-corrected chi connectivity index (χ0v) is 10.1. The predicted molar refractivity (Wildman–Crippen MR) is 64.1 cm³/mol. The molecule has 0 N–H and O–H groups in total. The van der Waals surface area contributed by atoms with Crippen molar-refractivity contribution in [3.05, 3.63) is 35.4 Å². The minimum atomic E-state index is -0.634. The largest absolute Gasteiger partial charge is 0.294 e. The Morgan fingerprint density at radius 1 is 1.12 bits per heavy atom. The quantitative estimate of drug-likeness (QED) is 0.506. The zero-order chi connectivity index (χ0) is 12.7. The van der Waals surface area contributed by atoms with Crippen molar-refractivity contribution in [3.8, 4) is 0 Å². The fraction of sp³-hybridized carbons (Fsp3) is 0.500. The molecular weight excluding hydrogens is 222 g/mol. The highest BCUT2D eigenvalue weighted by atomic mass is 19.1. The Morgan fingerprint density at radius 3 is 2.53 bits per heavy atom. The van der Waals surface area contributed by atoms with E-state index < -0.39 is 11.6 Å². The van der Waals surface area contributed by atoms with Crippen LogP contribution in [0.5, 0.6) is 0 Å². The van der Waals surface area contributed by atoms with Crippen LogP contribution in [0.4, 0.5) is 8.78 Å². The molecule has 1 aromatic carbocycles. The third kappa shape index (κ3) is 4.63. The van der Waals surface area contributed by atoms with Crippen LogP contribution in [0.15, 0.2) is 18.2 Å². The molecule has 0 spiro atoms. The third-order valence-corrected chi connectivity index (χ3v) is 2.74. The van der Waals surface area contributed by atoms with E-state index >= 15 is 0 Å². The van der Waals surface area contributed by atoms with Crippen LogP contribution in [0.1, 0.15) is 55.8 Å². The smallest absolute Gasteiger partial charge is 0.165 e. The van der Waals surface area contributed by atoms with Gasteiger partial charge in [-0.1, -0.05) is 32.6 Å². The highest BCUT2D eigenvalue weighted by Gasteiger charge is 2.12. The van der Waals surface area contributed by atoms with E-state index in [9.17, 15) is 13.6 Å². The van der Waals surface area contributed by atoms with Crippen molar-refractivity contribution >= 4 is 5.78 Å². The molecule has 0 atom stereocenters. The van der Waals surface area contributed by atoms with Crippen molar-refractivity contribution in [1.29, 1.82) is 0 Å². The molecule has 0 aliphatic heterocycles.